The zero-order chi connectivity index (χ0) is 14.8. The van der Waals surface area contributed by atoms with E-state index >= 15 is 0 Å². The highest BCUT2D eigenvalue weighted by Crippen LogP contribution is 2.38. The van der Waals surface area contributed by atoms with Gasteiger partial charge in [0.15, 0.2) is 0 Å². The van der Waals surface area contributed by atoms with Gasteiger partial charge in [0.25, 0.3) is 0 Å². The maximum Gasteiger partial charge on any atom is 0.313 e. The third-order valence-electron chi connectivity index (χ3n) is 5.26. The lowest BCUT2D eigenvalue weighted by molar-refractivity contribution is -0.159. The van der Waals surface area contributed by atoms with Gasteiger partial charge in [0.1, 0.15) is 5.41 Å². The smallest absolute Gasteiger partial charge is 0.313 e. The highest BCUT2D eigenvalue weighted by Gasteiger charge is 2.43. The quantitative estimate of drug-likeness (QED) is 0.862. The Hall–Kier alpha value is -0.610. The molecule has 0 aromatic rings. The molecule has 1 N–H and O–H groups in total. The minimum atomic E-state index is -0.694. The zero-order valence-electron chi connectivity index (χ0n) is 13.2. The predicted octanol–water partition coefficient (Wildman–Crippen LogP) is 2.77. The maximum atomic E-state index is 11.7. The minimum absolute atomic E-state index is 0.366. The summed E-state index contributed by atoms with van der Waals surface area (Å²) in [5.74, 6) is -0.694. The molecule has 1 aliphatic heterocycles. The highest BCUT2D eigenvalue weighted by atomic mass is 16.5. The fraction of sp³-hybridized carbons (Fsp3) is 0.938. The molecule has 0 amide bonds. The van der Waals surface area contributed by atoms with Crippen LogP contribution < -0.4 is 0 Å². The summed E-state index contributed by atoms with van der Waals surface area (Å²) in [5.41, 5.74) is -0.240. The maximum absolute atomic E-state index is 11.7. The van der Waals surface area contributed by atoms with Crippen LogP contribution in [0.4, 0.5) is 0 Å². The minimum Gasteiger partial charge on any atom is -0.481 e. The van der Waals surface area contributed by atoms with Crippen molar-refractivity contribution in [1.82, 2.24) is 4.90 Å². The van der Waals surface area contributed by atoms with Crippen LogP contribution >= 0.6 is 0 Å². The molecule has 2 rings (SSSR count). The third kappa shape index (κ3) is 3.53. The summed E-state index contributed by atoms with van der Waals surface area (Å²) in [6.45, 7) is 6.35. The van der Waals surface area contributed by atoms with E-state index < -0.39 is 11.4 Å². The summed E-state index contributed by atoms with van der Waals surface area (Å²) >= 11 is 0. The number of hydrogen-bond donors (Lipinski definition) is 1. The van der Waals surface area contributed by atoms with Crippen molar-refractivity contribution in [3.8, 4) is 0 Å². The largest absolute Gasteiger partial charge is 0.481 e. The van der Waals surface area contributed by atoms with E-state index in [0.29, 0.717) is 31.2 Å². The number of hydrogen-bond acceptors (Lipinski definition) is 3. The van der Waals surface area contributed by atoms with Gasteiger partial charge in [-0.1, -0.05) is 13.8 Å². The molecule has 2 fully saturated rings. The van der Waals surface area contributed by atoms with Gasteiger partial charge in [0, 0.05) is 19.2 Å². The molecule has 116 valence electrons. The van der Waals surface area contributed by atoms with Crippen LogP contribution in [0.2, 0.25) is 0 Å². The molecule has 0 aromatic carbocycles. The van der Waals surface area contributed by atoms with Gasteiger partial charge >= 0.3 is 5.97 Å². The van der Waals surface area contributed by atoms with Crippen molar-refractivity contribution >= 4 is 5.97 Å². The van der Waals surface area contributed by atoms with Crippen LogP contribution in [0, 0.1) is 10.8 Å². The molecule has 0 radical (unpaired) electrons. The molecular formula is C16H29NO3. The number of carboxylic acids is 1. The summed E-state index contributed by atoms with van der Waals surface area (Å²) in [7, 11) is 2.09. The first-order valence-electron chi connectivity index (χ1n) is 7.86. The number of nitrogens with zero attached hydrogens (tertiary/aromatic N) is 1. The number of carboxylic acid groups (broad SMARTS) is 1. The summed E-state index contributed by atoms with van der Waals surface area (Å²) in [4.78, 5) is 14.0. The van der Waals surface area contributed by atoms with E-state index in [0.717, 1.165) is 12.8 Å². The summed E-state index contributed by atoms with van der Waals surface area (Å²) in [5, 5.41) is 9.61. The molecule has 20 heavy (non-hydrogen) atoms. The summed E-state index contributed by atoms with van der Waals surface area (Å²) in [6.07, 6.45) is 6.43. The number of rotatable bonds is 4. The third-order valence-corrected chi connectivity index (χ3v) is 5.26. The molecule has 4 heteroatoms. The second kappa shape index (κ2) is 6.02. The lowest BCUT2D eigenvalue weighted by Crippen LogP contribution is -2.50. The Morgan fingerprint density at radius 3 is 2.45 bits per heavy atom. The second-order valence-electron chi connectivity index (χ2n) is 7.55. The van der Waals surface area contributed by atoms with E-state index in [1.165, 1.54) is 25.7 Å². The van der Waals surface area contributed by atoms with Crippen molar-refractivity contribution < 1.29 is 14.6 Å². The second-order valence-corrected chi connectivity index (χ2v) is 7.55. The van der Waals surface area contributed by atoms with Gasteiger partial charge in [0.05, 0.1) is 6.61 Å². The Balaban J connectivity index is 1.95. The van der Waals surface area contributed by atoms with Gasteiger partial charge in [-0.3, -0.25) is 4.79 Å². The average Bonchev–Trinajstić information content (AvgIpc) is 2.39. The molecule has 2 aliphatic rings. The fourth-order valence-corrected chi connectivity index (χ4v) is 3.64. The van der Waals surface area contributed by atoms with Crippen molar-refractivity contribution in [3.63, 3.8) is 0 Å². The Morgan fingerprint density at radius 2 is 1.95 bits per heavy atom. The van der Waals surface area contributed by atoms with E-state index in [2.05, 4.69) is 25.8 Å². The summed E-state index contributed by atoms with van der Waals surface area (Å²) < 4.78 is 5.46. The van der Waals surface area contributed by atoms with E-state index in [9.17, 15) is 9.90 Å². The van der Waals surface area contributed by atoms with Gasteiger partial charge in [-0.05, 0) is 51.0 Å². The average molecular weight is 283 g/mol. The topological polar surface area (TPSA) is 49.8 Å². The molecule has 1 saturated carbocycles. The van der Waals surface area contributed by atoms with E-state index in [1.807, 2.05) is 0 Å². The number of aliphatic carboxylic acids is 1. The SMILES string of the molecule is CN(CC1(C(=O)O)CCCOC1)C1CCC(C)(C)CC1. The molecule has 1 saturated heterocycles. The van der Waals surface area contributed by atoms with Crippen LogP contribution in [0.1, 0.15) is 52.4 Å². The van der Waals surface area contributed by atoms with Crippen LogP contribution in [0.3, 0.4) is 0 Å². The van der Waals surface area contributed by atoms with Gasteiger partial charge in [-0.25, -0.2) is 0 Å². The molecular weight excluding hydrogens is 254 g/mol. The molecule has 1 atom stereocenters. The number of carbonyl (C=O) groups is 1. The highest BCUT2D eigenvalue weighted by molar-refractivity contribution is 5.75. The Kier molecular flexibility index (Phi) is 4.75. The Bertz CT molecular complexity index is 338. The summed E-state index contributed by atoms with van der Waals surface area (Å²) in [6, 6.07) is 0.529. The van der Waals surface area contributed by atoms with Crippen LogP contribution in [0.5, 0.6) is 0 Å². The van der Waals surface area contributed by atoms with Crippen LogP contribution in [0.25, 0.3) is 0 Å². The first kappa shape index (κ1) is 15.8. The lowest BCUT2D eigenvalue weighted by atomic mass is 9.74. The van der Waals surface area contributed by atoms with Crippen molar-refractivity contribution in [2.75, 3.05) is 26.8 Å². The molecule has 0 aromatic heterocycles. The Morgan fingerprint density at radius 1 is 1.30 bits per heavy atom. The van der Waals surface area contributed by atoms with Crippen molar-refractivity contribution in [1.29, 1.82) is 0 Å². The van der Waals surface area contributed by atoms with Gasteiger partial charge in [-0.15, -0.1) is 0 Å². The van der Waals surface area contributed by atoms with E-state index in [4.69, 9.17) is 4.74 Å². The number of ether oxygens (including phenoxy) is 1. The molecule has 1 aliphatic carbocycles. The van der Waals surface area contributed by atoms with Crippen LogP contribution in [-0.4, -0.2) is 48.8 Å². The molecule has 0 spiro atoms. The van der Waals surface area contributed by atoms with Crippen LogP contribution in [-0.2, 0) is 9.53 Å². The molecule has 0 bridgehead atoms. The van der Waals surface area contributed by atoms with Gasteiger partial charge in [0.2, 0.25) is 0 Å². The molecule has 1 heterocycles. The van der Waals surface area contributed by atoms with Gasteiger partial charge < -0.3 is 14.7 Å². The first-order valence-corrected chi connectivity index (χ1v) is 7.86. The zero-order valence-corrected chi connectivity index (χ0v) is 13.2. The van der Waals surface area contributed by atoms with Crippen molar-refractivity contribution in [2.45, 2.75) is 58.4 Å². The van der Waals surface area contributed by atoms with Crippen molar-refractivity contribution in [3.05, 3.63) is 0 Å². The normalized spacial score (nSPS) is 31.4. The van der Waals surface area contributed by atoms with Crippen molar-refractivity contribution in [2.24, 2.45) is 10.8 Å². The first-order chi connectivity index (χ1) is 9.35. The molecule has 1 unspecified atom stereocenters. The predicted molar refractivity (Wildman–Crippen MR) is 78.8 cm³/mol. The Labute approximate surface area is 122 Å². The lowest BCUT2D eigenvalue weighted by Gasteiger charge is -2.42. The monoisotopic (exact) mass is 283 g/mol. The standard InChI is InChI=1S/C16H29NO3/c1-15(2)8-5-13(6-9-15)17(3)11-16(14(18)19)7-4-10-20-12-16/h13H,4-12H2,1-3H3,(H,18,19). The molecule has 4 nitrogen and oxygen atoms in total. The van der Waals surface area contributed by atoms with Crippen LogP contribution in [0.15, 0.2) is 0 Å². The van der Waals surface area contributed by atoms with E-state index in [1.54, 1.807) is 0 Å². The van der Waals surface area contributed by atoms with E-state index in [-0.39, 0.29) is 0 Å². The van der Waals surface area contributed by atoms with Gasteiger partial charge in [-0.2, -0.15) is 0 Å². The fourth-order valence-electron chi connectivity index (χ4n) is 3.64.